The lowest BCUT2D eigenvalue weighted by molar-refractivity contribution is 0.603. The number of hydrogen-bond donors (Lipinski definition) is 0. The van der Waals surface area contributed by atoms with Crippen molar-refractivity contribution in [3.05, 3.63) is 24.3 Å². The summed E-state index contributed by atoms with van der Waals surface area (Å²) in [6.45, 7) is 0. The summed E-state index contributed by atoms with van der Waals surface area (Å²) in [7, 11) is -1.47. The summed E-state index contributed by atoms with van der Waals surface area (Å²) in [5.41, 5.74) is 1.03. The maximum Gasteiger partial charge on any atom is 0.251 e. The van der Waals surface area contributed by atoms with Gasteiger partial charge in [-0.25, -0.2) is 8.42 Å². The van der Waals surface area contributed by atoms with Gasteiger partial charge in [0.2, 0.25) is 0 Å². The molecule has 0 N–H and O–H groups in total. The molecule has 1 aromatic rings. The van der Waals surface area contributed by atoms with Crippen LogP contribution in [0.3, 0.4) is 0 Å². The summed E-state index contributed by atoms with van der Waals surface area (Å²) in [5, 5.41) is 0. The molecule has 96 valence electrons. The molecule has 18 heavy (non-hydrogen) atoms. The molecular formula is C12H14N2O2S2. The summed E-state index contributed by atoms with van der Waals surface area (Å²) in [6.07, 6.45) is 3.13. The number of thioether (sulfide) groups is 1. The Bertz CT molecular complexity index is 633. The Morgan fingerprint density at radius 1 is 1.33 bits per heavy atom. The lowest BCUT2D eigenvalue weighted by Gasteiger charge is -2.34. The fourth-order valence-corrected chi connectivity index (χ4v) is 4.36. The van der Waals surface area contributed by atoms with Crippen molar-refractivity contribution in [3.63, 3.8) is 0 Å². The molecular weight excluding hydrogens is 268 g/mol. The van der Waals surface area contributed by atoms with Crippen LogP contribution >= 0.6 is 11.8 Å². The van der Waals surface area contributed by atoms with Crippen LogP contribution in [0.4, 0.5) is 5.69 Å². The molecule has 1 spiro atoms. The number of amidine groups is 1. The van der Waals surface area contributed by atoms with Crippen LogP contribution in [-0.4, -0.2) is 32.3 Å². The van der Waals surface area contributed by atoms with Crippen molar-refractivity contribution >= 4 is 33.3 Å². The third kappa shape index (κ3) is 1.93. The first-order valence-corrected chi connectivity index (χ1v) is 8.40. The van der Waals surface area contributed by atoms with Crippen molar-refractivity contribution in [2.24, 2.45) is 4.40 Å². The number of rotatable bonds is 1. The Hall–Kier alpha value is -1.01. The van der Waals surface area contributed by atoms with E-state index < -0.39 is 10.0 Å². The Kier molecular flexibility index (Phi) is 2.50. The molecule has 1 aliphatic carbocycles. The molecule has 0 unspecified atom stereocenters. The van der Waals surface area contributed by atoms with Gasteiger partial charge in [-0.15, -0.1) is 16.2 Å². The highest BCUT2D eigenvalue weighted by Crippen LogP contribution is 2.58. The first kappa shape index (κ1) is 12.0. The fourth-order valence-electron chi connectivity index (χ4n) is 2.24. The van der Waals surface area contributed by atoms with Gasteiger partial charge in [-0.2, -0.15) is 0 Å². The lowest BCUT2D eigenvalue weighted by atomic mass is 10.2. The first-order chi connectivity index (χ1) is 8.41. The van der Waals surface area contributed by atoms with E-state index in [1.165, 1.54) is 4.90 Å². The molecule has 0 atom stereocenters. The Balaban J connectivity index is 2.15. The van der Waals surface area contributed by atoms with Crippen molar-refractivity contribution in [2.75, 3.05) is 18.2 Å². The molecule has 0 amide bonds. The normalized spacial score (nSPS) is 23.2. The van der Waals surface area contributed by atoms with Crippen molar-refractivity contribution in [3.8, 4) is 0 Å². The number of anilines is 1. The molecule has 1 aliphatic heterocycles. The molecule has 4 nitrogen and oxygen atoms in total. The second-order valence-electron chi connectivity index (χ2n) is 4.77. The molecule has 3 rings (SSSR count). The number of nitrogens with zero attached hydrogens (tertiary/aromatic N) is 2. The number of fused-ring (bicyclic) bond motifs is 1. The van der Waals surface area contributed by atoms with E-state index in [-0.39, 0.29) is 4.75 Å². The van der Waals surface area contributed by atoms with E-state index in [0.717, 1.165) is 24.8 Å². The van der Waals surface area contributed by atoms with Gasteiger partial charge >= 0.3 is 0 Å². The number of para-hydroxylation sites is 1. The second-order valence-corrected chi connectivity index (χ2v) is 7.85. The van der Waals surface area contributed by atoms with Crippen LogP contribution < -0.4 is 4.90 Å². The molecule has 6 heteroatoms. The summed E-state index contributed by atoms with van der Waals surface area (Å²) in [4.78, 5) is 3.12. The van der Waals surface area contributed by atoms with Crippen LogP contribution in [0, 0.1) is 0 Å². The van der Waals surface area contributed by atoms with Gasteiger partial charge in [0.1, 0.15) is 5.84 Å². The zero-order valence-corrected chi connectivity index (χ0v) is 11.9. The molecule has 1 fully saturated rings. The smallest absolute Gasteiger partial charge is 0.251 e. The first-order valence-electron chi connectivity index (χ1n) is 5.73. The third-order valence-corrected chi connectivity index (χ3v) is 5.26. The highest BCUT2D eigenvalue weighted by atomic mass is 32.2. The fraction of sp³-hybridized carbons (Fsp3) is 0.417. The van der Waals surface area contributed by atoms with Crippen molar-refractivity contribution < 1.29 is 8.42 Å². The minimum atomic E-state index is -3.36. The van der Waals surface area contributed by atoms with Gasteiger partial charge < -0.3 is 4.90 Å². The summed E-state index contributed by atoms with van der Waals surface area (Å²) < 4.78 is 26.7. The van der Waals surface area contributed by atoms with Gasteiger partial charge in [0.15, 0.2) is 0 Å². The molecule has 1 aromatic carbocycles. The van der Waals surface area contributed by atoms with Gasteiger partial charge in [0, 0.05) is 11.9 Å². The van der Waals surface area contributed by atoms with E-state index in [1.807, 2.05) is 30.1 Å². The van der Waals surface area contributed by atoms with Crippen LogP contribution in [0.5, 0.6) is 0 Å². The van der Waals surface area contributed by atoms with Crippen molar-refractivity contribution in [1.29, 1.82) is 0 Å². The Morgan fingerprint density at radius 3 is 2.61 bits per heavy atom. The zero-order valence-electron chi connectivity index (χ0n) is 10.3. The molecule has 0 bridgehead atoms. The predicted octanol–water partition coefficient (Wildman–Crippen LogP) is 2.12. The van der Waals surface area contributed by atoms with E-state index in [4.69, 9.17) is 0 Å². The van der Waals surface area contributed by atoms with Gasteiger partial charge in [-0.3, -0.25) is 0 Å². The maximum atomic E-state index is 11.4. The highest BCUT2D eigenvalue weighted by molar-refractivity contribution is 8.02. The summed E-state index contributed by atoms with van der Waals surface area (Å²) >= 11 is 1.74. The quantitative estimate of drug-likeness (QED) is 0.791. The van der Waals surface area contributed by atoms with Gasteiger partial charge in [0.05, 0.1) is 16.7 Å². The van der Waals surface area contributed by atoms with Crippen molar-refractivity contribution in [2.45, 2.75) is 22.5 Å². The topological polar surface area (TPSA) is 49.7 Å². The number of sulfonamides is 1. The minimum absolute atomic E-state index is 0.119. The molecule has 1 heterocycles. The predicted molar refractivity (Wildman–Crippen MR) is 74.9 cm³/mol. The van der Waals surface area contributed by atoms with Gasteiger partial charge in [0.25, 0.3) is 10.0 Å². The summed E-state index contributed by atoms with van der Waals surface area (Å²) in [5.74, 6) is 0.675. The van der Waals surface area contributed by atoms with E-state index in [0.29, 0.717) is 5.84 Å². The van der Waals surface area contributed by atoms with Crippen LogP contribution in [0.1, 0.15) is 12.8 Å². The number of hydrogen-bond acceptors (Lipinski definition) is 3. The zero-order chi connectivity index (χ0) is 13.0. The van der Waals surface area contributed by atoms with Crippen LogP contribution in [-0.2, 0) is 10.0 Å². The summed E-state index contributed by atoms with van der Waals surface area (Å²) in [6, 6.07) is 8.04. The van der Waals surface area contributed by atoms with E-state index in [1.54, 1.807) is 11.8 Å². The molecule has 0 saturated heterocycles. The minimum Gasteiger partial charge on any atom is -0.330 e. The van der Waals surface area contributed by atoms with E-state index in [9.17, 15) is 8.42 Å². The Labute approximate surface area is 111 Å². The van der Waals surface area contributed by atoms with Gasteiger partial charge in [-0.1, -0.05) is 12.1 Å². The van der Waals surface area contributed by atoms with E-state index in [2.05, 4.69) is 10.5 Å². The molecule has 2 aliphatic rings. The molecule has 1 saturated carbocycles. The average Bonchev–Trinajstić information content (AvgIpc) is 3.04. The molecule has 0 radical (unpaired) electrons. The largest absolute Gasteiger partial charge is 0.330 e. The van der Waals surface area contributed by atoms with Crippen LogP contribution in [0.15, 0.2) is 33.6 Å². The van der Waals surface area contributed by atoms with Gasteiger partial charge in [-0.05, 0) is 25.0 Å². The number of benzene rings is 1. The second kappa shape index (κ2) is 3.74. The van der Waals surface area contributed by atoms with Crippen molar-refractivity contribution in [1.82, 2.24) is 0 Å². The SMILES string of the molecule is CN1/C(=N\S(C)(=O)=O)C2(CC2)Sc2ccccc21. The Morgan fingerprint density at radius 2 is 2.00 bits per heavy atom. The van der Waals surface area contributed by atoms with Crippen LogP contribution in [0.25, 0.3) is 0 Å². The van der Waals surface area contributed by atoms with E-state index >= 15 is 0 Å². The monoisotopic (exact) mass is 282 g/mol. The lowest BCUT2D eigenvalue weighted by Crippen LogP contribution is -2.40. The third-order valence-electron chi connectivity index (χ3n) is 3.21. The average molecular weight is 282 g/mol. The maximum absolute atomic E-state index is 11.4. The molecule has 0 aromatic heterocycles. The van der Waals surface area contributed by atoms with Crippen LogP contribution in [0.2, 0.25) is 0 Å². The highest BCUT2D eigenvalue weighted by Gasteiger charge is 2.53. The standard InChI is InChI=1S/C12H14N2O2S2/c1-14-9-5-3-4-6-10(9)17-12(7-8-12)11(14)13-18(2,15)16/h3-6H,7-8H2,1-2H3/b13-11-.